The number of nitrogens with one attached hydrogen (secondary N) is 1. The van der Waals surface area contributed by atoms with E-state index in [1.54, 1.807) is 12.5 Å². The molecule has 1 atom stereocenters. The molecule has 3 N–H and O–H groups in total. The van der Waals surface area contributed by atoms with Gasteiger partial charge in [-0.25, -0.2) is 14.6 Å². The van der Waals surface area contributed by atoms with Crippen LogP contribution in [0.2, 0.25) is 0 Å². The van der Waals surface area contributed by atoms with Gasteiger partial charge in [0.15, 0.2) is 5.65 Å². The Bertz CT molecular complexity index is 997. The molecule has 0 spiro atoms. The molecule has 4 heterocycles. The summed E-state index contributed by atoms with van der Waals surface area (Å²) < 4.78 is 3.79. The van der Waals surface area contributed by atoms with Gasteiger partial charge in [0.2, 0.25) is 0 Å². The molecule has 1 aliphatic rings. The van der Waals surface area contributed by atoms with Gasteiger partial charge in [-0.05, 0) is 39.5 Å². The van der Waals surface area contributed by atoms with Crippen molar-refractivity contribution in [3.8, 4) is 0 Å². The number of primary amides is 1. The van der Waals surface area contributed by atoms with E-state index < -0.39 is 5.91 Å². The Labute approximate surface area is 157 Å². The number of fused-ring (bicyclic) bond motifs is 2. The van der Waals surface area contributed by atoms with E-state index in [1.807, 2.05) is 15.6 Å². The number of hydrogen-bond donors (Lipinski definition) is 2. The van der Waals surface area contributed by atoms with E-state index in [0.29, 0.717) is 11.5 Å². The molecule has 0 aliphatic carbocycles. The highest BCUT2D eigenvalue weighted by atomic mass is 16.1. The molecule has 3 aromatic rings. The second-order valence-electron chi connectivity index (χ2n) is 8.02. The van der Waals surface area contributed by atoms with Crippen LogP contribution in [0.4, 0.5) is 5.82 Å². The van der Waals surface area contributed by atoms with Crippen molar-refractivity contribution in [3.63, 3.8) is 0 Å². The summed E-state index contributed by atoms with van der Waals surface area (Å²) >= 11 is 0. The molecule has 1 unspecified atom stereocenters. The monoisotopic (exact) mass is 368 g/mol. The van der Waals surface area contributed by atoms with Gasteiger partial charge in [-0.1, -0.05) is 0 Å². The summed E-state index contributed by atoms with van der Waals surface area (Å²) in [6.45, 7) is 7.81. The van der Waals surface area contributed by atoms with Gasteiger partial charge in [0.05, 0.1) is 34.6 Å². The first kappa shape index (κ1) is 17.4. The van der Waals surface area contributed by atoms with Crippen molar-refractivity contribution in [2.45, 2.75) is 45.7 Å². The molecular weight excluding hydrogens is 344 g/mol. The Morgan fingerprint density at radius 3 is 2.85 bits per heavy atom. The average molecular weight is 368 g/mol. The van der Waals surface area contributed by atoms with Crippen molar-refractivity contribution in [1.29, 1.82) is 0 Å². The first-order chi connectivity index (χ1) is 12.8. The zero-order valence-corrected chi connectivity index (χ0v) is 15.8. The first-order valence-corrected chi connectivity index (χ1v) is 9.12. The number of carbonyl (C=O) groups is 1. The Morgan fingerprint density at radius 2 is 2.11 bits per heavy atom. The summed E-state index contributed by atoms with van der Waals surface area (Å²) in [7, 11) is 0. The quantitative estimate of drug-likeness (QED) is 0.722. The molecular formula is C18H24N8O. The van der Waals surface area contributed by atoms with Crippen molar-refractivity contribution in [2.24, 2.45) is 11.7 Å². The van der Waals surface area contributed by atoms with E-state index in [4.69, 9.17) is 5.73 Å². The van der Waals surface area contributed by atoms with E-state index in [2.05, 4.69) is 46.3 Å². The maximum atomic E-state index is 11.6. The van der Waals surface area contributed by atoms with Crippen LogP contribution in [0, 0.1) is 5.92 Å². The average Bonchev–Trinajstić information content (AvgIpc) is 3.23. The predicted molar refractivity (Wildman–Crippen MR) is 101 cm³/mol. The third kappa shape index (κ3) is 3.13. The van der Waals surface area contributed by atoms with Gasteiger partial charge in [-0.2, -0.15) is 10.2 Å². The van der Waals surface area contributed by atoms with Crippen molar-refractivity contribution >= 4 is 22.8 Å². The van der Waals surface area contributed by atoms with Crippen molar-refractivity contribution < 1.29 is 4.79 Å². The van der Waals surface area contributed by atoms with Gasteiger partial charge in [-0.15, -0.1) is 0 Å². The molecule has 9 nitrogen and oxygen atoms in total. The van der Waals surface area contributed by atoms with Crippen LogP contribution in [0.1, 0.15) is 43.2 Å². The highest BCUT2D eigenvalue weighted by Crippen LogP contribution is 2.26. The number of rotatable bonds is 4. The predicted octanol–water partition coefficient (Wildman–Crippen LogP) is 1.55. The molecule has 3 aromatic heterocycles. The van der Waals surface area contributed by atoms with Gasteiger partial charge < -0.3 is 11.1 Å². The summed E-state index contributed by atoms with van der Waals surface area (Å²) in [4.78, 5) is 20.4. The molecule has 0 fully saturated rings. The van der Waals surface area contributed by atoms with E-state index in [0.717, 1.165) is 48.5 Å². The Kier molecular flexibility index (Phi) is 4.09. The molecule has 1 aliphatic heterocycles. The summed E-state index contributed by atoms with van der Waals surface area (Å²) in [6, 6.07) is 0. The standard InChI is InChI=1S/C18H24N8O/c1-18(2,3)26-17-13(9-24-26)16(21-10-22-17)20-7-11-4-5-25-14(6-11)12(8-23-25)15(19)27/h8-11H,4-7H2,1-3H3,(H2,19,27)(H,20,21,22). The zero-order chi connectivity index (χ0) is 19.2. The molecule has 0 radical (unpaired) electrons. The molecule has 0 saturated carbocycles. The normalized spacial score (nSPS) is 17.1. The van der Waals surface area contributed by atoms with Gasteiger partial charge in [0.25, 0.3) is 5.91 Å². The number of aryl methyl sites for hydroxylation is 1. The maximum Gasteiger partial charge on any atom is 0.252 e. The second kappa shape index (κ2) is 6.33. The molecule has 27 heavy (non-hydrogen) atoms. The number of aromatic nitrogens is 6. The fourth-order valence-corrected chi connectivity index (χ4v) is 3.60. The van der Waals surface area contributed by atoms with Crippen LogP contribution < -0.4 is 11.1 Å². The summed E-state index contributed by atoms with van der Waals surface area (Å²) in [5.74, 6) is 0.733. The van der Waals surface area contributed by atoms with Crippen molar-refractivity contribution in [2.75, 3.05) is 11.9 Å². The highest BCUT2D eigenvalue weighted by Gasteiger charge is 2.25. The molecule has 9 heteroatoms. The van der Waals surface area contributed by atoms with Gasteiger partial charge in [-0.3, -0.25) is 9.48 Å². The number of nitrogens with zero attached hydrogens (tertiary/aromatic N) is 6. The minimum atomic E-state index is -0.419. The molecule has 0 bridgehead atoms. The SMILES string of the molecule is CC(C)(C)n1ncc2c(NCC3CCn4ncc(C(N)=O)c4C3)ncnc21. The summed E-state index contributed by atoms with van der Waals surface area (Å²) in [5.41, 5.74) is 7.57. The van der Waals surface area contributed by atoms with E-state index >= 15 is 0 Å². The Morgan fingerprint density at radius 1 is 1.30 bits per heavy atom. The topological polar surface area (TPSA) is 117 Å². The van der Waals surface area contributed by atoms with Crippen LogP contribution in [0.15, 0.2) is 18.7 Å². The fourth-order valence-electron chi connectivity index (χ4n) is 3.60. The first-order valence-electron chi connectivity index (χ1n) is 9.12. The Hall–Kier alpha value is -2.97. The minimum absolute atomic E-state index is 0.152. The van der Waals surface area contributed by atoms with Crippen LogP contribution in [-0.4, -0.2) is 42.0 Å². The molecule has 0 saturated heterocycles. The third-order valence-corrected chi connectivity index (χ3v) is 5.00. The number of anilines is 1. The Balaban J connectivity index is 1.52. The van der Waals surface area contributed by atoms with Gasteiger partial charge >= 0.3 is 0 Å². The lowest BCUT2D eigenvalue weighted by Gasteiger charge is -2.24. The lowest BCUT2D eigenvalue weighted by molar-refractivity contribution is 0.0998. The second-order valence-corrected chi connectivity index (χ2v) is 8.02. The van der Waals surface area contributed by atoms with Gasteiger partial charge in [0.1, 0.15) is 12.1 Å². The van der Waals surface area contributed by atoms with Crippen LogP contribution >= 0.6 is 0 Å². The van der Waals surface area contributed by atoms with Crippen molar-refractivity contribution in [1.82, 2.24) is 29.5 Å². The van der Waals surface area contributed by atoms with Crippen LogP contribution in [-0.2, 0) is 18.5 Å². The number of nitrogens with two attached hydrogens (primary N) is 1. The number of carbonyl (C=O) groups excluding carboxylic acids is 1. The van der Waals surface area contributed by atoms with E-state index in [1.165, 1.54) is 0 Å². The lowest BCUT2D eigenvalue weighted by Crippen LogP contribution is -2.27. The van der Waals surface area contributed by atoms with E-state index in [-0.39, 0.29) is 5.54 Å². The van der Waals surface area contributed by atoms with Crippen LogP contribution in [0.3, 0.4) is 0 Å². The molecule has 4 rings (SSSR count). The highest BCUT2D eigenvalue weighted by molar-refractivity contribution is 5.93. The number of amides is 1. The lowest BCUT2D eigenvalue weighted by atomic mass is 9.94. The maximum absolute atomic E-state index is 11.6. The van der Waals surface area contributed by atoms with Gasteiger partial charge in [0, 0.05) is 13.1 Å². The zero-order valence-electron chi connectivity index (χ0n) is 15.8. The molecule has 0 aromatic carbocycles. The van der Waals surface area contributed by atoms with E-state index in [9.17, 15) is 4.79 Å². The summed E-state index contributed by atoms with van der Waals surface area (Å²) in [6.07, 6.45) is 6.69. The van der Waals surface area contributed by atoms with Crippen LogP contribution in [0.5, 0.6) is 0 Å². The summed E-state index contributed by atoms with van der Waals surface area (Å²) in [5, 5.41) is 13.1. The molecule has 1 amide bonds. The van der Waals surface area contributed by atoms with Crippen molar-refractivity contribution in [3.05, 3.63) is 30.0 Å². The molecule has 142 valence electrons. The fraction of sp³-hybridized carbons (Fsp3) is 0.500. The number of hydrogen-bond acceptors (Lipinski definition) is 6. The smallest absolute Gasteiger partial charge is 0.252 e. The third-order valence-electron chi connectivity index (χ3n) is 5.00. The van der Waals surface area contributed by atoms with Crippen LogP contribution in [0.25, 0.3) is 11.0 Å². The largest absolute Gasteiger partial charge is 0.369 e. The minimum Gasteiger partial charge on any atom is -0.369 e.